The number of carboxylic acid groups (broad SMARTS) is 1. The molecule has 1 saturated carbocycles. The Morgan fingerprint density at radius 1 is 1.33 bits per heavy atom. The van der Waals surface area contributed by atoms with E-state index in [1.54, 1.807) is 13.8 Å². The topological polar surface area (TPSA) is 98.7 Å². The Bertz CT molecular complexity index is 440. The number of carbonyl (C=O) groups excluding carboxylic acids is 2. The molecule has 4 atom stereocenters. The first kappa shape index (κ1) is 15.6. The van der Waals surface area contributed by atoms with Crippen LogP contribution in [0.1, 0.15) is 33.1 Å². The summed E-state index contributed by atoms with van der Waals surface area (Å²) in [5, 5.41) is 14.6. The zero-order chi connectivity index (χ0) is 15.6. The van der Waals surface area contributed by atoms with E-state index in [1.165, 1.54) is 4.90 Å². The highest BCUT2D eigenvalue weighted by atomic mass is 16.4. The lowest BCUT2D eigenvalue weighted by molar-refractivity contribution is -0.142. The van der Waals surface area contributed by atoms with E-state index < -0.39 is 24.1 Å². The maximum Gasteiger partial charge on any atom is 0.326 e. The lowest BCUT2D eigenvalue weighted by Gasteiger charge is -2.26. The van der Waals surface area contributed by atoms with E-state index in [2.05, 4.69) is 10.6 Å². The summed E-state index contributed by atoms with van der Waals surface area (Å²) >= 11 is 0. The van der Waals surface area contributed by atoms with Crippen molar-refractivity contribution < 1.29 is 19.5 Å². The van der Waals surface area contributed by atoms with Crippen molar-refractivity contribution in [1.29, 1.82) is 0 Å². The number of rotatable bonds is 4. The van der Waals surface area contributed by atoms with E-state index in [1.807, 2.05) is 0 Å². The first-order chi connectivity index (χ1) is 9.95. The number of aliphatic carboxylic acids is 1. The van der Waals surface area contributed by atoms with E-state index in [9.17, 15) is 19.5 Å². The van der Waals surface area contributed by atoms with Crippen LogP contribution in [0.5, 0.6) is 0 Å². The van der Waals surface area contributed by atoms with Crippen molar-refractivity contribution in [2.24, 2.45) is 11.8 Å². The highest BCUT2D eigenvalue weighted by Crippen LogP contribution is 2.42. The van der Waals surface area contributed by atoms with Crippen LogP contribution in [0.4, 0.5) is 4.79 Å². The zero-order valence-electron chi connectivity index (χ0n) is 12.5. The molecule has 0 spiro atoms. The molecule has 118 valence electrons. The second kappa shape index (κ2) is 6.32. The standard InChI is InChI=1S/C14H23N3O4/c1-3-15-12(18)8(2)16-14(21)17-7-9-5-4-6-10(9)11(17)13(19)20/h8-11H,3-7H2,1-2H3,(H,15,18)(H,16,21)(H,19,20). The van der Waals surface area contributed by atoms with Gasteiger partial charge in [-0.3, -0.25) is 4.79 Å². The minimum atomic E-state index is -0.954. The van der Waals surface area contributed by atoms with Gasteiger partial charge in [-0.15, -0.1) is 0 Å². The van der Waals surface area contributed by atoms with Crippen LogP contribution in [0.3, 0.4) is 0 Å². The number of hydrogen-bond donors (Lipinski definition) is 3. The highest BCUT2D eigenvalue weighted by Gasteiger charge is 2.49. The number of amides is 3. The molecule has 2 rings (SSSR count). The maximum absolute atomic E-state index is 12.3. The third kappa shape index (κ3) is 3.11. The van der Waals surface area contributed by atoms with E-state index >= 15 is 0 Å². The number of nitrogens with one attached hydrogen (secondary N) is 2. The largest absolute Gasteiger partial charge is 0.480 e. The van der Waals surface area contributed by atoms with E-state index in [0.717, 1.165) is 19.3 Å². The SMILES string of the molecule is CCNC(=O)C(C)NC(=O)N1CC2CCCC2C1C(=O)O. The monoisotopic (exact) mass is 297 g/mol. The molecule has 1 aliphatic carbocycles. The molecule has 3 N–H and O–H groups in total. The predicted octanol–water partition coefficient (Wildman–Crippen LogP) is 0.406. The molecule has 0 aromatic heterocycles. The molecule has 1 aliphatic heterocycles. The summed E-state index contributed by atoms with van der Waals surface area (Å²) in [6.07, 6.45) is 2.87. The Kier molecular flexibility index (Phi) is 4.69. The van der Waals surface area contributed by atoms with Crippen molar-refractivity contribution >= 4 is 17.9 Å². The molecule has 1 saturated heterocycles. The fraction of sp³-hybridized carbons (Fsp3) is 0.786. The summed E-state index contributed by atoms with van der Waals surface area (Å²) in [4.78, 5) is 36.8. The van der Waals surface area contributed by atoms with Gasteiger partial charge in [0.25, 0.3) is 0 Å². The van der Waals surface area contributed by atoms with Crippen molar-refractivity contribution in [3.63, 3.8) is 0 Å². The lowest BCUT2D eigenvalue weighted by atomic mass is 9.94. The quantitative estimate of drug-likeness (QED) is 0.699. The molecule has 3 amide bonds. The number of likely N-dealkylation sites (tertiary alicyclic amines) is 1. The van der Waals surface area contributed by atoms with Crippen molar-refractivity contribution in [2.75, 3.05) is 13.1 Å². The van der Waals surface area contributed by atoms with Crippen LogP contribution in [-0.4, -0.2) is 53.1 Å². The molecular formula is C14H23N3O4. The van der Waals surface area contributed by atoms with Gasteiger partial charge in [0.1, 0.15) is 12.1 Å². The van der Waals surface area contributed by atoms with Gasteiger partial charge in [0.05, 0.1) is 0 Å². The number of urea groups is 1. The van der Waals surface area contributed by atoms with Gasteiger partial charge in [0, 0.05) is 13.1 Å². The molecule has 21 heavy (non-hydrogen) atoms. The average Bonchev–Trinajstić information content (AvgIpc) is 2.97. The summed E-state index contributed by atoms with van der Waals surface area (Å²) in [5.74, 6) is -0.896. The summed E-state index contributed by atoms with van der Waals surface area (Å²) < 4.78 is 0. The predicted molar refractivity (Wildman–Crippen MR) is 75.6 cm³/mol. The molecule has 2 fully saturated rings. The first-order valence-corrected chi connectivity index (χ1v) is 7.53. The molecule has 0 bridgehead atoms. The van der Waals surface area contributed by atoms with Crippen LogP contribution >= 0.6 is 0 Å². The molecule has 0 aromatic rings. The van der Waals surface area contributed by atoms with Crippen molar-refractivity contribution in [1.82, 2.24) is 15.5 Å². The number of hydrogen-bond acceptors (Lipinski definition) is 3. The van der Waals surface area contributed by atoms with Crippen LogP contribution in [0.25, 0.3) is 0 Å². The third-order valence-corrected chi connectivity index (χ3v) is 4.49. The molecule has 7 heteroatoms. The fourth-order valence-electron chi connectivity index (χ4n) is 3.49. The summed E-state index contributed by atoms with van der Waals surface area (Å²) in [7, 11) is 0. The second-order valence-corrected chi connectivity index (χ2v) is 5.86. The van der Waals surface area contributed by atoms with Gasteiger partial charge in [-0.25, -0.2) is 9.59 Å². The van der Waals surface area contributed by atoms with Crippen LogP contribution in [0, 0.1) is 11.8 Å². The van der Waals surface area contributed by atoms with Gasteiger partial charge in [-0.2, -0.15) is 0 Å². The molecule has 2 aliphatic rings. The van der Waals surface area contributed by atoms with E-state index in [-0.39, 0.29) is 17.7 Å². The molecule has 4 unspecified atom stereocenters. The Hall–Kier alpha value is -1.79. The Morgan fingerprint density at radius 2 is 2.05 bits per heavy atom. The Morgan fingerprint density at radius 3 is 2.67 bits per heavy atom. The number of nitrogens with zero attached hydrogens (tertiary/aromatic N) is 1. The first-order valence-electron chi connectivity index (χ1n) is 7.53. The van der Waals surface area contributed by atoms with Gasteiger partial charge in [0.15, 0.2) is 0 Å². The van der Waals surface area contributed by atoms with Gasteiger partial charge < -0.3 is 20.6 Å². The van der Waals surface area contributed by atoms with Gasteiger partial charge in [-0.1, -0.05) is 6.42 Å². The molecule has 7 nitrogen and oxygen atoms in total. The molecule has 1 heterocycles. The molecular weight excluding hydrogens is 274 g/mol. The van der Waals surface area contributed by atoms with Gasteiger partial charge in [0.2, 0.25) is 5.91 Å². The zero-order valence-corrected chi connectivity index (χ0v) is 12.5. The number of fused-ring (bicyclic) bond motifs is 1. The van der Waals surface area contributed by atoms with Crippen molar-refractivity contribution in [3.05, 3.63) is 0 Å². The summed E-state index contributed by atoms with van der Waals surface area (Å²) in [6.45, 7) is 4.35. The average molecular weight is 297 g/mol. The Balaban J connectivity index is 2.01. The summed E-state index contributed by atoms with van der Waals surface area (Å²) in [5.41, 5.74) is 0. The molecule has 0 aromatic carbocycles. The summed E-state index contributed by atoms with van der Waals surface area (Å²) in [6, 6.07) is -1.90. The third-order valence-electron chi connectivity index (χ3n) is 4.49. The minimum Gasteiger partial charge on any atom is -0.480 e. The molecule has 0 radical (unpaired) electrons. The highest BCUT2D eigenvalue weighted by molar-refractivity contribution is 5.89. The van der Waals surface area contributed by atoms with E-state index in [0.29, 0.717) is 13.1 Å². The lowest BCUT2D eigenvalue weighted by Crippen LogP contribution is -2.53. The van der Waals surface area contributed by atoms with Crippen LogP contribution in [-0.2, 0) is 9.59 Å². The van der Waals surface area contributed by atoms with Crippen molar-refractivity contribution in [2.45, 2.75) is 45.2 Å². The Labute approximate surface area is 124 Å². The smallest absolute Gasteiger partial charge is 0.326 e. The second-order valence-electron chi connectivity index (χ2n) is 5.86. The van der Waals surface area contributed by atoms with E-state index in [4.69, 9.17) is 0 Å². The minimum absolute atomic E-state index is 0.0491. The number of likely N-dealkylation sites (N-methyl/N-ethyl adjacent to an activating group) is 1. The van der Waals surface area contributed by atoms with Crippen LogP contribution < -0.4 is 10.6 Å². The number of carboxylic acids is 1. The van der Waals surface area contributed by atoms with Gasteiger partial charge >= 0.3 is 12.0 Å². The fourth-order valence-corrected chi connectivity index (χ4v) is 3.49. The van der Waals surface area contributed by atoms with Crippen LogP contribution in [0.15, 0.2) is 0 Å². The van der Waals surface area contributed by atoms with Crippen LogP contribution in [0.2, 0.25) is 0 Å². The van der Waals surface area contributed by atoms with Gasteiger partial charge in [-0.05, 0) is 38.5 Å². The van der Waals surface area contributed by atoms with Crippen molar-refractivity contribution in [3.8, 4) is 0 Å². The normalized spacial score (nSPS) is 28.9. The number of carbonyl (C=O) groups is 3. The maximum atomic E-state index is 12.3.